The molecule has 0 unspecified atom stereocenters. The topological polar surface area (TPSA) is 91.3 Å². The van der Waals surface area contributed by atoms with Crippen molar-refractivity contribution in [1.29, 1.82) is 0 Å². The van der Waals surface area contributed by atoms with Gasteiger partial charge in [-0.15, -0.1) is 0 Å². The number of nitrogens with one attached hydrogen (secondary N) is 2. The molecule has 0 saturated heterocycles. The number of aryl methyl sites for hydroxylation is 1. The number of imide groups is 1. The van der Waals surface area contributed by atoms with Gasteiger partial charge in [0.25, 0.3) is 5.91 Å². The normalized spacial score (nSPS) is 11.1. The number of hydrogen-bond donors (Lipinski definition) is 3. The summed E-state index contributed by atoms with van der Waals surface area (Å²) in [7, 11) is 0. The number of phenolic OH excluding ortho intramolecular Hbond substituents is 1. The van der Waals surface area contributed by atoms with Crippen molar-refractivity contribution in [1.82, 2.24) is 10.3 Å². The van der Waals surface area contributed by atoms with E-state index in [2.05, 4.69) is 15.6 Å². The van der Waals surface area contributed by atoms with Crippen molar-refractivity contribution < 1.29 is 27.9 Å². The number of aromatic hydroxyl groups is 1. The molecule has 10 heteroatoms. The summed E-state index contributed by atoms with van der Waals surface area (Å²) in [4.78, 5) is 28.1. The average Bonchev–Trinajstić information content (AvgIpc) is 2.71. The van der Waals surface area contributed by atoms with Crippen LogP contribution < -0.4 is 10.6 Å². The van der Waals surface area contributed by atoms with Crippen molar-refractivity contribution in [2.75, 3.05) is 5.32 Å². The van der Waals surface area contributed by atoms with Gasteiger partial charge in [0.1, 0.15) is 0 Å². The van der Waals surface area contributed by atoms with Crippen LogP contribution in [0.2, 0.25) is 5.02 Å². The van der Waals surface area contributed by atoms with E-state index in [1.165, 1.54) is 12.1 Å². The van der Waals surface area contributed by atoms with Gasteiger partial charge in [-0.05, 0) is 42.8 Å². The fraction of sp³-hybridized carbons (Fsp3) is 0.0952. The molecule has 3 N–H and O–H groups in total. The minimum atomic E-state index is -4.53. The highest BCUT2D eigenvalue weighted by molar-refractivity contribution is 6.35. The van der Waals surface area contributed by atoms with Crippen LogP contribution >= 0.6 is 11.6 Å². The minimum absolute atomic E-state index is 0.0963. The molecular formula is C21H15ClF3N3O3. The monoisotopic (exact) mass is 449 g/mol. The predicted molar refractivity (Wildman–Crippen MR) is 109 cm³/mol. The van der Waals surface area contributed by atoms with Gasteiger partial charge in [-0.2, -0.15) is 13.2 Å². The Morgan fingerprint density at radius 2 is 1.77 bits per heavy atom. The Labute approximate surface area is 179 Å². The van der Waals surface area contributed by atoms with Gasteiger partial charge in [0.15, 0.2) is 5.75 Å². The third-order valence-electron chi connectivity index (χ3n) is 4.35. The first-order valence-corrected chi connectivity index (χ1v) is 9.18. The number of anilines is 1. The molecule has 0 atom stereocenters. The first kappa shape index (κ1) is 22.1. The van der Waals surface area contributed by atoms with Crippen LogP contribution in [-0.4, -0.2) is 22.0 Å². The van der Waals surface area contributed by atoms with E-state index < -0.39 is 29.4 Å². The third kappa shape index (κ3) is 4.95. The Bertz CT molecular complexity index is 1150. The molecule has 3 rings (SSSR count). The first-order valence-electron chi connectivity index (χ1n) is 8.81. The molecule has 0 bridgehead atoms. The van der Waals surface area contributed by atoms with E-state index >= 15 is 0 Å². The maximum atomic E-state index is 12.7. The van der Waals surface area contributed by atoms with E-state index in [1.807, 2.05) is 0 Å². The molecule has 0 fully saturated rings. The molecule has 3 amide bonds. The maximum absolute atomic E-state index is 12.7. The third-order valence-corrected chi connectivity index (χ3v) is 4.73. The summed E-state index contributed by atoms with van der Waals surface area (Å²) >= 11 is 6.12. The van der Waals surface area contributed by atoms with Crippen molar-refractivity contribution >= 4 is 29.2 Å². The van der Waals surface area contributed by atoms with Crippen LogP contribution in [0.25, 0.3) is 11.3 Å². The lowest BCUT2D eigenvalue weighted by molar-refractivity contribution is -0.137. The summed E-state index contributed by atoms with van der Waals surface area (Å²) in [6, 6.07) is 10.4. The van der Waals surface area contributed by atoms with Gasteiger partial charge in [0, 0.05) is 17.3 Å². The molecule has 31 heavy (non-hydrogen) atoms. The molecule has 0 aliphatic heterocycles. The lowest BCUT2D eigenvalue weighted by atomic mass is 10.1. The van der Waals surface area contributed by atoms with E-state index in [-0.39, 0.29) is 22.0 Å². The number of urea groups is 1. The largest absolute Gasteiger partial charge is 0.504 e. The van der Waals surface area contributed by atoms with Gasteiger partial charge >= 0.3 is 12.2 Å². The SMILES string of the molecule is Cc1ccccc1C(=O)NC(=O)Nc1ccc(-c2ccc(C(F)(F)F)cn2)c(Cl)c1O. The van der Waals surface area contributed by atoms with Crippen LogP contribution in [-0.2, 0) is 6.18 Å². The van der Waals surface area contributed by atoms with Crippen LogP contribution in [0.5, 0.6) is 5.75 Å². The van der Waals surface area contributed by atoms with E-state index in [4.69, 9.17) is 11.6 Å². The van der Waals surface area contributed by atoms with Crippen LogP contribution in [0.3, 0.4) is 0 Å². The summed E-state index contributed by atoms with van der Waals surface area (Å²) in [6.45, 7) is 1.71. The fourth-order valence-electron chi connectivity index (χ4n) is 2.74. The molecule has 3 aromatic rings. The molecule has 1 heterocycles. The van der Waals surface area contributed by atoms with Gasteiger partial charge in [-0.1, -0.05) is 29.8 Å². The number of nitrogens with zero attached hydrogens (tertiary/aromatic N) is 1. The highest BCUT2D eigenvalue weighted by Gasteiger charge is 2.30. The molecule has 0 aliphatic rings. The molecule has 1 aromatic heterocycles. The quantitative estimate of drug-likeness (QED) is 0.467. The van der Waals surface area contributed by atoms with E-state index in [0.717, 1.165) is 12.1 Å². The van der Waals surface area contributed by atoms with Crippen molar-refractivity contribution in [2.24, 2.45) is 0 Å². The predicted octanol–water partition coefficient (Wildman–Crippen LogP) is 5.40. The number of halogens is 4. The Hall–Kier alpha value is -3.59. The van der Waals surface area contributed by atoms with E-state index in [1.54, 1.807) is 31.2 Å². The van der Waals surface area contributed by atoms with Crippen molar-refractivity contribution in [2.45, 2.75) is 13.1 Å². The van der Waals surface area contributed by atoms with Gasteiger partial charge in [0.2, 0.25) is 0 Å². The number of rotatable bonds is 3. The number of carbonyl (C=O) groups is 2. The Morgan fingerprint density at radius 3 is 2.39 bits per heavy atom. The van der Waals surface area contributed by atoms with Gasteiger partial charge < -0.3 is 10.4 Å². The number of phenols is 1. The fourth-order valence-corrected chi connectivity index (χ4v) is 3.00. The highest BCUT2D eigenvalue weighted by atomic mass is 35.5. The molecular weight excluding hydrogens is 435 g/mol. The Kier molecular flexibility index (Phi) is 6.16. The van der Waals surface area contributed by atoms with Crippen molar-refractivity contribution in [3.05, 3.63) is 76.4 Å². The summed E-state index contributed by atoms with van der Waals surface area (Å²) in [5, 5.41) is 14.5. The minimum Gasteiger partial charge on any atom is -0.504 e. The van der Waals surface area contributed by atoms with Crippen LogP contribution in [0.4, 0.5) is 23.7 Å². The average molecular weight is 450 g/mol. The molecule has 6 nitrogen and oxygen atoms in total. The number of hydrogen-bond acceptors (Lipinski definition) is 4. The van der Waals surface area contributed by atoms with E-state index in [0.29, 0.717) is 17.3 Å². The second kappa shape index (κ2) is 8.65. The van der Waals surface area contributed by atoms with Crippen molar-refractivity contribution in [3.8, 4) is 17.0 Å². The Morgan fingerprint density at radius 1 is 1.06 bits per heavy atom. The zero-order chi connectivity index (χ0) is 22.8. The lowest BCUT2D eigenvalue weighted by Gasteiger charge is -2.13. The van der Waals surface area contributed by atoms with Crippen LogP contribution in [0, 0.1) is 6.92 Å². The number of alkyl halides is 3. The number of benzene rings is 2. The molecule has 0 saturated carbocycles. The summed E-state index contributed by atoms with van der Waals surface area (Å²) in [5.41, 5.74) is 0.213. The summed E-state index contributed by atoms with van der Waals surface area (Å²) < 4.78 is 38.1. The highest BCUT2D eigenvalue weighted by Crippen LogP contribution is 2.39. The van der Waals surface area contributed by atoms with Gasteiger partial charge in [-0.3, -0.25) is 15.1 Å². The molecule has 0 aliphatic carbocycles. The molecule has 0 spiro atoms. The smallest absolute Gasteiger partial charge is 0.417 e. The Balaban J connectivity index is 1.77. The standard InChI is InChI=1S/C21H15ClF3N3O3/c1-11-4-2-3-5-13(11)19(30)28-20(31)27-16-9-7-14(17(22)18(16)29)15-8-6-12(10-26-15)21(23,24)25/h2-10,29H,1H3,(H2,27,28,30,31). The van der Waals surface area contributed by atoms with Gasteiger partial charge in [-0.25, -0.2) is 4.79 Å². The van der Waals surface area contributed by atoms with Crippen LogP contribution in [0.15, 0.2) is 54.7 Å². The number of amides is 3. The zero-order valence-corrected chi connectivity index (χ0v) is 16.7. The number of pyridine rings is 1. The molecule has 2 aromatic carbocycles. The zero-order valence-electron chi connectivity index (χ0n) is 15.9. The maximum Gasteiger partial charge on any atom is 0.417 e. The molecule has 160 valence electrons. The summed E-state index contributed by atoms with van der Waals surface area (Å²) in [6.07, 6.45) is -3.88. The van der Waals surface area contributed by atoms with E-state index in [9.17, 15) is 27.9 Å². The second-order valence-electron chi connectivity index (χ2n) is 6.48. The number of carbonyl (C=O) groups excluding carboxylic acids is 2. The van der Waals surface area contributed by atoms with Crippen molar-refractivity contribution in [3.63, 3.8) is 0 Å². The lowest BCUT2D eigenvalue weighted by Crippen LogP contribution is -2.34. The summed E-state index contributed by atoms with van der Waals surface area (Å²) in [5.74, 6) is -1.16. The second-order valence-corrected chi connectivity index (χ2v) is 6.85. The molecule has 0 radical (unpaired) electrons. The van der Waals surface area contributed by atoms with Gasteiger partial charge in [0.05, 0.1) is 22.0 Å². The number of aromatic nitrogens is 1. The first-order chi connectivity index (χ1) is 14.6. The van der Waals surface area contributed by atoms with Crippen LogP contribution in [0.1, 0.15) is 21.5 Å².